The van der Waals surface area contributed by atoms with Crippen molar-refractivity contribution in [1.82, 2.24) is 4.98 Å². The molecule has 1 fully saturated rings. The van der Waals surface area contributed by atoms with Gasteiger partial charge in [0.1, 0.15) is 21.5 Å². The van der Waals surface area contributed by atoms with Crippen LogP contribution in [0, 0.1) is 11.6 Å². The van der Waals surface area contributed by atoms with Crippen LogP contribution in [0.2, 0.25) is 0 Å². The summed E-state index contributed by atoms with van der Waals surface area (Å²) < 4.78 is 54.9. The van der Waals surface area contributed by atoms with Crippen molar-refractivity contribution in [2.45, 2.75) is 18.8 Å². The zero-order valence-electron chi connectivity index (χ0n) is 11.1. The van der Waals surface area contributed by atoms with Crippen LogP contribution in [-0.4, -0.2) is 24.9 Å². The van der Waals surface area contributed by atoms with Gasteiger partial charge in [0.25, 0.3) is 0 Å². The molecule has 1 aliphatic heterocycles. The second-order valence-electron chi connectivity index (χ2n) is 5.11. The van der Waals surface area contributed by atoms with Gasteiger partial charge in [0, 0.05) is 12.0 Å². The molecule has 7 heteroatoms. The molecular weight excluding hydrogens is 300 g/mol. The molecule has 1 aliphatic rings. The molecule has 0 aliphatic carbocycles. The van der Waals surface area contributed by atoms with Crippen LogP contribution in [0.4, 0.5) is 8.78 Å². The van der Waals surface area contributed by atoms with E-state index in [9.17, 15) is 17.2 Å². The lowest BCUT2D eigenvalue weighted by atomic mass is 10.0. The smallest absolute Gasteiger partial charge is 0.198 e. The number of sulfone groups is 1. The standard InChI is InChI=1S/C14H13F2NO3S/c15-10-1-2-11(12(16)7-10)13-8-17-14(20-13)9-3-5-21(18,19)6-4-9/h1-2,7-9H,3-6H2. The van der Waals surface area contributed by atoms with E-state index in [2.05, 4.69) is 4.98 Å². The van der Waals surface area contributed by atoms with Gasteiger partial charge in [0.2, 0.25) is 0 Å². The summed E-state index contributed by atoms with van der Waals surface area (Å²) in [6.07, 6.45) is 2.29. The first-order valence-electron chi connectivity index (χ1n) is 6.56. The van der Waals surface area contributed by atoms with Gasteiger partial charge in [-0.1, -0.05) is 0 Å². The molecule has 0 N–H and O–H groups in total. The third kappa shape index (κ3) is 2.97. The molecule has 0 bridgehead atoms. The summed E-state index contributed by atoms with van der Waals surface area (Å²) in [4.78, 5) is 4.11. The average Bonchev–Trinajstić information content (AvgIpc) is 2.88. The van der Waals surface area contributed by atoms with E-state index in [4.69, 9.17) is 4.42 Å². The first-order chi connectivity index (χ1) is 9.94. The van der Waals surface area contributed by atoms with Crippen molar-refractivity contribution in [3.8, 4) is 11.3 Å². The number of rotatable bonds is 2. The highest BCUT2D eigenvalue weighted by Crippen LogP contribution is 2.32. The maximum Gasteiger partial charge on any atom is 0.198 e. The molecule has 0 saturated carbocycles. The van der Waals surface area contributed by atoms with Crippen molar-refractivity contribution in [1.29, 1.82) is 0 Å². The molecule has 2 aromatic rings. The van der Waals surface area contributed by atoms with Gasteiger partial charge in [0.15, 0.2) is 11.7 Å². The first kappa shape index (κ1) is 14.2. The molecule has 0 amide bonds. The van der Waals surface area contributed by atoms with Crippen molar-refractivity contribution in [2.24, 2.45) is 0 Å². The summed E-state index contributed by atoms with van der Waals surface area (Å²) in [5.41, 5.74) is 0.138. The number of hydrogen-bond donors (Lipinski definition) is 0. The summed E-state index contributed by atoms with van der Waals surface area (Å²) in [5, 5.41) is 0. The third-order valence-electron chi connectivity index (χ3n) is 3.62. The predicted octanol–water partition coefficient (Wildman–Crippen LogP) is 2.91. The summed E-state index contributed by atoms with van der Waals surface area (Å²) in [6.45, 7) is 0. The zero-order chi connectivity index (χ0) is 15.0. The number of benzene rings is 1. The Morgan fingerprint density at radius 2 is 1.90 bits per heavy atom. The predicted molar refractivity (Wildman–Crippen MR) is 72.5 cm³/mol. The van der Waals surface area contributed by atoms with E-state index in [1.165, 1.54) is 12.3 Å². The van der Waals surface area contributed by atoms with Gasteiger partial charge < -0.3 is 4.42 Å². The second kappa shape index (κ2) is 5.22. The number of aromatic nitrogens is 1. The highest BCUT2D eigenvalue weighted by atomic mass is 32.2. The van der Waals surface area contributed by atoms with Gasteiger partial charge in [-0.2, -0.15) is 0 Å². The van der Waals surface area contributed by atoms with E-state index in [-0.39, 0.29) is 28.7 Å². The molecule has 0 unspecified atom stereocenters. The molecular formula is C14H13F2NO3S. The summed E-state index contributed by atoms with van der Waals surface area (Å²) in [7, 11) is -2.95. The molecule has 21 heavy (non-hydrogen) atoms. The molecule has 1 aromatic heterocycles. The summed E-state index contributed by atoms with van der Waals surface area (Å²) in [6, 6.07) is 3.22. The third-order valence-corrected chi connectivity index (χ3v) is 5.34. The summed E-state index contributed by atoms with van der Waals surface area (Å²) in [5.74, 6) is -0.608. The van der Waals surface area contributed by atoms with E-state index >= 15 is 0 Å². The highest BCUT2D eigenvalue weighted by molar-refractivity contribution is 7.91. The fourth-order valence-electron chi connectivity index (χ4n) is 2.43. The lowest BCUT2D eigenvalue weighted by Crippen LogP contribution is -2.22. The lowest BCUT2D eigenvalue weighted by Gasteiger charge is -2.18. The van der Waals surface area contributed by atoms with Gasteiger partial charge in [-0.25, -0.2) is 22.2 Å². The Kier molecular flexibility index (Phi) is 3.52. The Labute approximate surface area is 120 Å². The molecule has 0 radical (unpaired) electrons. The molecule has 112 valence electrons. The van der Waals surface area contributed by atoms with E-state index in [0.29, 0.717) is 18.7 Å². The van der Waals surface area contributed by atoms with Gasteiger partial charge in [0.05, 0.1) is 23.3 Å². The monoisotopic (exact) mass is 313 g/mol. The Morgan fingerprint density at radius 1 is 1.19 bits per heavy atom. The number of oxazole rings is 1. The molecule has 1 aromatic carbocycles. The zero-order valence-corrected chi connectivity index (χ0v) is 11.9. The Hall–Kier alpha value is -1.76. The van der Waals surface area contributed by atoms with Crippen LogP contribution in [0.3, 0.4) is 0 Å². The fourth-order valence-corrected chi connectivity index (χ4v) is 3.92. The normalized spacial score (nSPS) is 18.8. The molecule has 0 spiro atoms. The van der Waals surface area contributed by atoms with Crippen LogP contribution >= 0.6 is 0 Å². The Bertz CT molecular complexity index is 756. The molecule has 2 heterocycles. The molecule has 4 nitrogen and oxygen atoms in total. The van der Waals surface area contributed by atoms with Crippen molar-refractivity contribution >= 4 is 9.84 Å². The minimum absolute atomic E-state index is 0.0780. The lowest BCUT2D eigenvalue weighted by molar-refractivity contribution is 0.429. The number of halogens is 2. The van der Waals surface area contributed by atoms with Crippen LogP contribution in [-0.2, 0) is 9.84 Å². The average molecular weight is 313 g/mol. The first-order valence-corrected chi connectivity index (χ1v) is 8.38. The van der Waals surface area contributed by atoms with Crippen LogP contribution in [0.25, 0.3) is 11.3 Å². The van der Waals surface area contributed by atoms with Crippen molar-refractivity contribution in [3.05, 3.63) is 41.9 Å². The quantitative estimate of drug-likeness (QED) is 0.855. The highest BCUT2D eigenvalue weighted by Gasteiger charge is 2.28. The molecule has 0 atom stereocenters. The van der Waals surface area contributed by atoms with Crippen LogP contribution in [0.1, 0.15) is 24.7 Å². The minimum atomic E-state index is -2.95. The molecule has 1 saturated heterocycles. The van der Waals surface area contributed by atoms with E-state index in [0.717, 1.165) is 12.1 Å². The maximum atomic E-state index is 13.7. The summed E-state index contributed by atoms with van der Waals surface area (Å²) >= 11 is 0. The van der Waals surface area contributed by atoms with Crippen molar-refractivity contribution in [2.75, 3.05) is 11.5 Å². The van der Waals surface area contributed by atoms with Crippen molar-refractivity contribution in [3.63, 3.8) is 0 Å². The van der Waals surface area contributed by atoms with E-state index in [1.54, 1.807) is 0 Å². The topological polar surface area (TPSA) is 60.2 Å². The van der Waals surface area contributed by atoms with Crippen molar-refractivity contribution < 1.29 is 21.6 Å². The number of hydrogen-bond acceptors (Lipinski definition) is 4. The van der Waals surface area contributed by atoms with Gasteiger partial charge in [-0.15, -0.1) is 0 Å². The van der Waals surface area contributed by atoms with Gasteiger partial charge >= 0.3 is 0 Å². The second-order valence-corrected chi connectivity index (χ2v) is 7.42. The van der Waals surface area contributed by atoms with E-state index in [1.807, 2.05) is 0 Å². The van der Waals surface area contributed by atoms with Crippen LogP contribution < -0.4 is 0 Å². The maximum absolute atomic E-state index is 13.7. The number of nitrogens with zero attached hydrogens (tertiary/aromatic N) is 1. The van der Waals surface area contributed by atoms with Crippen LogP contribution in [0.15, 0.2) is 28.8 Å². The Morgan fingerprint density at radius 3 is 2.57 bits per heavy atom. The largest absolute Gasteiger partial charge is 0.440 e. The van der Waals surface area contributed by atoms with Crippen LogP contribution in [0.5, 0.6) is 0 Å². The SMILES string of the molecule is O=S1(=O)CCC(c2ncc(-c3ccc(F)cc3F)o2)CC1. The van der Waals surface area contributed by atoms with E-state index < -0.39 is 21.5 Å². The Balaban J connectivity index is 1.84. The van der Waals surface area contributed by atoms with Gasteiger partial charge in [-0.3, -0.25) is 0 Å². The fraction of sp³-hybridized carbons (Fsp3) is 0.357. The minimum Gasteiger partial charge on any atom is -0.440 e. The molecule has 3 rings (SSSR count). The van der Waals surface area contributed by atoms with Gasteiger partial charge in [-0.05, 0) is 25.0 Å².